The van der Waals surface area contributed by atoms with Crippen LogP contribution in [0.2, 0.25) is 0 Å². The molecule has 1 fully saturated rings. The lowest BCUT2D eigenvalue weighted by molar-refractivity contribution is 0.0677. The summed E-state index contributed by atoms with van der Waals surface area (Å²) in [6, 6.07) is 11.0. The van der Waals surface area contributed by atoms with Gasteiger partial charge >= 0.3 is 0 Å². The molecule has 8 nitrogen and oxygen atoms in total. The Morgan fingerprint density at radius 3 is 3.03 bits per heavy atom. The number of hydrogen-bond donors (Lipinski definition) is 2. The minimum atomic E-state index is -0.514. The summed E-state index contributed by atoms with van der Waals surface area (Å²) in [5.41, 5.74) is 2.04. The Morgan fingerprint density at radius 1 is 1.26 bits per heavy atom. The summed E-state index contributed by atoms with van der Waals surface area (Å²) in [7, 11) is 1.56. The Hall–Kier alpha value is -4.01. The normalized spacial score (nSPS) is 15.9. The number of fused-ring (bicyclic) bond motifs is 1. The zero-order chi connectivity index (χ0) is 23.5. The summed E-state index contributed by atoms with van der Waals surface area (Å²) in [5, 5.41) is 4.01. The van der Waals surface area contributed by atoms with Crippen molar-refractivity contribution in [3.63, 3.8) is 0 Å². The van der Waals surface area contributed by atoms with Crippen LogP contribution in [-0.4, -0.2) is 57.5 Å². The second-order valence-electron chi connectivity index (χ2n) is 8.33. The number of carbonyl (C=O) groups excluding carboxylic acids is 1. The maximum absolute atomic E-state index is 14.5. The zero-order valence-electron chi connectivity index (χ0n) is 18.8. The van der Waals surface area contributed by atoms with Crippen LogP contribution in [0.3, 0.4) is 0 Å². The molecule has 1 aliphatic heterocycles. The first-order valence-electron chi connectivity index (χ1n) is 11.2. The van der Waals surface area contributed by atoms with Crippen molar-refractivity contribution in [1.82, 2.24) is 24.8 Å². The quantitative estimate of drug-likeness (QED) is 0.449. The third-order valence-electron chi connectivity index (χ3n) is 6.14. The Labute approximate surface area is 196 Å². The fourth-order valence-corrected chi connectivity index (χ4v) is 4.41. The molecule has 0 saturated carbocycles. The smallest absolute Gasteiger partial charge is 0.257 e. The number of nitrogens with zero attached hydrogens (tertiary/aromatic N) is 4. The van der Waals surface area contributed by atoms with Gasteiger partial charge in [0, 0.05) is 43.0 Å². The van der Waals surface area contributed by atoms with Crippen molar-refractivity contribution >= 4 is 22.8 Å². The van der Waals surface area contributed by atoms with Crippen molar-refractivity contribution in [2.24, 2.45) is 5.92 Å². The average Bonchev–Trinajstić information content (AvgIpc) is 3.32. The maximum atomic E-state index is 14.5. The van der Waals surface area contributed by atoms with Crippen LogP contribution in [0.5, 0.6) is 5.75 Å². The van der Waals surface area contributed by atoms with Crippen molar-refractivity contribution in [2.45, 2.75) is 12.8 Å². The number of nitrogens with one attached hydrogen (secondary N) is 2. The van der Waals surface area contributed by atoms with Crippen LogP contribution >= 0.6 is 0 Å². The number of benzene rings is 1. The molecule has 0 bridgehead atoms. The molecule has 5 rings (SSSR count). The Balaban J connectivity index is 1.28. The number of pyridine rings is 1. The number of halogens is 1. The van der Waals surface area contributed by atoms with E-state index in [0.29, 0.717) is 36.8 Å². The lowest BCUT2D eigenvalue weighted by atomic mass is 9.97. The number of aromatic nitrogens is 4. The number of hydrogen-bond acceptors (Lipinski definition) is 6. The number of methoxy groups -OCH3 is 1. The van der Waals surface area contributed by atoms with E-state index in [1.807, 2.05) is 29.2 Å². The van der Waals surface area contributed by atoms with Gasteiger partial charge in [0.25, 0.3) is 5.91 Å². The molecule has 174 valence electrons. The highest BCUT2D eigenvalue weighted by Gasteiger charge is 2.26. The third kappa shape index (κ3) is 4.28. The van der Waals surface area contributed by atoms with Gasteiger partial charge < -0.3 is 19.9 Å². The molecule has 1 unspecified atom stereocenters. The molecule has 4 aromatic rings. The van der Waals surface area contributed by atoms with E-state index in [2.05, 4.69) is 25.3 Å². The predicted octanol–water partition coefficient (Wildman–Crippen LogP) is 4.13. The average molecular weight is 461 g/mol. The number of ether oxygens (including phenoxy) is 1. The molecule has 1 atom stereocenters. The summed E-state index contributed by atoms with van der Waals surface area (Å²) < 4.78 is 19.9. The summed E-state index contributed by atoms with van der Waals surface area (Å²) in [6.45, 7) is 1.77. The molecule has 4 heterocycles. The number of carbonyl (C=O) groups is 1. The number of likely N-dealkylation sites (tertiary alicyclic amines) is 1. The lowest BCUT2D eigenvalue weighted by Crippen LogP contribution is -2.42. The monoisotopic (exact) mass is 460 g/mol. The molecule has 1 aromatic carbocycles. The van der Waals surface area contributed by atoms with E-state index >= 15 is 0 Å². The largest absolute Gasteiger partial charge is 0.496 e. The number of piperidine rings is 1. The molecule has 2 N–H and O–H groups in total. The van der Waals surface area contributed by atoms with Gasteiger partial charge in [-0.25, -0.2) is 19.3 Å². The number of H-pyrrole nitrogens is 1. The van der Waals surface area contributed by atoms with Crippen LogP contribution in [-0.2, 0) is 0 Å². The Bertz CT molecular complexity index is 1320. The van der Waals surface area contributed by atoms with Gasteiger partial charge in [0.2, 0.25) is 0 Å². The summed E-state index contributed by atoms with van der Waals surface area (Å²) >= 11 is 0. The molecule has 1 aliphatic rings. The van der Waals surface area contributed by atoms with Crippen LogP contribution < -0.4 is 10.1 Å². The highest BCUT2D eigenvalue weighted by atomic mass is 19.1. The third-order valence-corrected chi connectivity index (χ3v) is 6.14. The van der Waals surface area contributed by atoms with Crippen LogP contribution in [0, 0.1) is 11.7 Å². The number of rotatable bonds is 6. The van der Waals surface area contributed by atoms with Crippen molar-refractivity contribution in [3.8, 4) is 17.1 Å². The Morgan fingerprint density at radius 2 is 2.15 bits per heavy atom. The lowest BCUT2D eigenvalue weighted by Gasteiger charge is -2.33. The second-order valence-corrected chi connectivity index (χ2v) is 8.33. The highest BCUT2D eigenvalue weighted by Crippen LogP contribution is 2.27. The molecule has 1 amide bonds. The van der Waals surface area contributed by atoms with Gasteiger partial charge in [0.1, 0.15) is 11.4 Å². The summed E-state index contributed by atoms with van der Waals surface area (Å²) in [6.07, 6.45) is 6.48. The van der Waals surface area contributed by atoms with Crippen molar-refractivity contribution in [2.75, 3.05) is 32.1 Å². The molecule has 1 saturated heterocycles. The second kappa shape index (κ2) is 9.46. The van der Waals surface area contributed by atoms with Gasteiger partial charge in [-0.1, -0.05) is 12.1 Å². The van der Waals surface area contributed by atoms with E-state index in [9.17, 15) is 9.18 Å². The molecule has 0 aliphatic carbocycles. The first-order valence-corrected chi connectivity index (χ1v) is 11.2. The van der Waals surface area contributed by atoms with Gasteiger partial charge in [-0.05, 0) is 43.0 Å². The van der Waals surface area contributed by atoms with Crippen molar-refractivity contribution < 1.29 is 13.9 Å². The van der Waals surface area contributed by atoms with Crippen LogP contribution in [0.25, 0.3) is 22.4 Å². The van der Waals surface area contributed by atoms with Gasteiger partial charge in [-0.3, -0.25) is 4.79 Å². The number of anilines is 1. The van der Waals surface area contributed by atoms with Crippen LogP contribution in [0.15, 0.2) is 55.0 Å². The van der Waals surface area contributed by atoms with E-state index in [0.717, 1.165) is 29.4 Å². The van der Waals surface area contributed by atoms with Crippen LogP contribution in [0.4, 0.5) is 10.2 Å². The first-order chi connectivity index (χ1) is 16.6. The Kier molecular flexibility index (Phi) is 6.07. The fourth-order valence-electron chi connectivity index (χ4n) is 4.41. The molecule has 0 radical (unpaired) electrons. The summed E-state index contributed by atoms with van der Waals surface area (Å²) in [5.74, 6) is 0.736. The SMILES string of the molecule is COc1ccccc1C(=O)N1CCCC(CNc2nc(-c3c[nH]c4ncccc34)ncc2F)C1. The molecule has 3 aromatic heterocycles. The highest BCUT2D eigenvalue weighted by molar-refractivity contribution is 5.97. The molecule has 0 spiro atoms. The first kappa shape index (κ1) is 21.8. The van der Waals surface area contributed by atoms with Crippen LogP contribution in [0.1, 0.15) is 23.2 Å². The van der Waals surface area contributed by atoms with Gasteiger partial charge in [0.05, 0.1) is 18.9 Å². The number of para-hydroxylation sites is 1. The van der Waals surface area contributed by atoms with Crippen molar-refractivity contribution in [3.05, 3.63) is 66.4 Å². The fraction of sp³-hybridized carbons (Fsp3) is 0.280. The minimum Gasteiger partial charge on any atom is -0.496 e. The standard InChI is InChI=1S/C25H25FN6O2/c1-34-21-9-3-2-7-18(21)25(33)32-11-5-6-16(15-32)12-28-24-20(26)14-30-23(31-24)19-13-29-22-17(19)8-4-10-27-22/h2-4,7-10,13-14,16H,5-6,11-12,15H2,1H3,(H,27,29)(H,28,30,31). The maximum Gasteiger partial charge on any atom is 0.257 e. The summed E-state index contributed by atoms with van der Waals surface area (Å²) in [4.78, 5) is 30.9. The predicted molar refractivity (Wildman–Crippen MR) is 127 cm³/mol. The van der Waals surface area contributed by atoms with Gasteiger partial charge in [0.15, 0.2) is 17.5 Å². The molecular weight excluding hydrogens is 435 g/mol. The van der Waals surface area contributed by atoms with Crippen molar-refractivity contribution in [1.29, 1.82) is 0 Å². The topological polar surface area (TPSA) is 96.0 Å². The number of amides is 1. The van der Waals surface area contributed by atoms with Gasteiger partial charge in [-0.2, -0.15) is 0 Å². The molecule has 34 heavy (non-hydrogen) atoms. The van der Waals surface area contributed by atoms with Gasteiger partial charge in [-0.15, -0.1) is 0 Å². The van der Waals surface area contributed by atoms with E-state index in [1.54, 1.807) is 31.6 Å². The van der Waals surface area contributed by atoms with E-state index < -0.39 is 5.82 Å². The number of aromatic amines is 1. The van der Waals surface area contributed by atoms with E-state index in [-0.39, 0.29) is 17.6 Å². The molecular formula is C25H25FN6O2. The van der Waals surface area contributed by atoms with E-state index in [4.69, 9.17) is 4.74 Å². The van der Waals surface area contributed by atoms with E-state index in [1.165, 1.54) is 6.20 Å². The minimum absolute atomic E-state index is 0.0504. The zero-order valence-corrected chi connectivity index (χ0v) is 18.8. The molecule has 9 heteroatoms.